The van der Waals surface area contributed by atoms with Gasteiger partial charge in [-0.25, -0.2) is 4.79 Å². The highest BCUT2D eigenvalue weighted by Gasteiger charge is 2.38. The van der Waals surface area contributed by atoms with Crippen LogP contribution in [0.4, 0.5) is 10.5 Å². The van der Waals surface area contributed by atoms with Gasteiger partial charge in [0.1, 0.15) is 0 Å². The maximum Gasteiger partial charge on any atom is 0.322 e. The molecule has 1 aliphatic heterocycles. The van der Waals surface area contributed by atoms with E-state index in [1.807, 2.05) is 17.0 Å². The molecule has 0 aromatic heterocycles. The summed E-state index contributed by atoms with van der Waals surface area (Å²) in [6.45, 7) is 1.50. The van der Waals surface area contributed by atoms with Crippen LogP contribution >= 0.6 is 11.6 Å². The number of ether oxygens (including phenoxy) is 1. The Morgan fingerprint density at radius 2 is 1.90 bits per heavy atom. The zero-order chi connectivity index (χ0) is 13.9. The Morgan fingerprint density at radius 3 is 2.55 bits per heavy atom. The first-order chi connectivity index (χ1) is 9.74. The van der Waals surface area contributed by atoms with Crippen LogP contribution in [0, 0.1) is 0 Å². The van der Waals surface area contributed by atoms with Gasteiger partial charge >= 0.3 is 6.03 Å². The predicted molar refractivity (Wildman–Crippen MR) is 79.2 cm³/mol. The smallest absolute Gasteiger partial charge is 0.322 e. The fourth-order valence-electron chi connectivity index (χ4n) is 2.70. The molecule has 2 fully saturated rings. The van der Waals surface area contributed by atoms with Crippen molar-refractivity contribution >= 4 is 23.3 Å². The molecule has 1 saturated heterocycles. The monoisotopic (exact) mass is 294 g/mol. The zero-order valence-electron chi connectivity index (χ0n) is 11.3. The molecule has 2 aliphatic rings. The van der Waals surface area contributed by atoms with E-state index >= 15 is 0 Å². The highest BCUT2D eigenvalue weighted by Crippen LogP contribution is 2.32. The second-order valence-electron chi connectivity index (χ2n) is 5.42. The van der Waals surface area contributed by atoms with Crippen molar-refractivity contribution in [2.24, 2.45) is 0 Å². The van der Waals surface area contributed by atoms with E-state index in [-0.39, 0.29) is 6.03 Å². The third-order valence-electron chi connectivity index (χ3n) is 3.83. The number of nitrogens with one attached hydrogen (secondary N) is 1. The van der Waals surface area contributed by atoms with Crippen molar-refractivity contribution in [3.05, 3.63) is 29.3 Å². The molecular weight excluding hydrogens is 276 g/mol. The summed E-state index contributed by atoms with van der Waals surface area (Å²) >= 11 is 5.95. The fourth-order valence-corrected chi connectivity index (χ4v) is 2.89. The van der Waals surface area contributed by atoms with Crippen molar-refractivity contribution in [3.63, 3.8) is 0 Å². The largest absolute Gasteiger partial charge is 0.381 e. The molecule has 1 N–H and O–H groups in total. The third-order valence-corrected chi connectivity index (χ3v) is 4.07. The number of carbonyl (C=O) groups excluding carboxylic acids is 1. The Morgan fingerprint density at radius 1 is 1.20 bits per heavy atom. The van der Waals surface area contributed by atoms with E-state index in [0.717, 1.165) is 44.6 Å². The molecule has 1 aliphatic carbocycles. The normalized spacial score (nSPS) is 19.6. The van der Waals surface area contributed by atoms with Gasteiger partial charge in [0.2, 0.25) is 0 Å². The Balaban J connectivity index is 1.69. The van der Waals surface area contributed by atoms with E-state index < -0.39 is 0 Å². The average Bonchev–Trinajstić information content (AvgIpc) is 3.25. The van der Waals surface area contributed by atoms with E-state index in [2.05, 4.69) is 5.32 Å². The van der Waals surface area contributed by atoms with Gasteiger partial charge in [0, 0.05) is 36.0 Å². The van der Waals surface area contributed by atoms with Crippen LogP contribution in [-0.4, -0.2) is 36.2 Å². The molecule has 0 bridgehead atoms. The van der Waals surface area contributed by atoms with Gasteiger partial charge in [0.05, 0.1) is 0 Å². The fraction of sp³-hybridized carbons (Fsp3) is 0.533. The van der Waals surface area contributed by atoms with Gasteiger partial charge < -0.3 is 15.0 Å². The maximum absolute atomic E-state index is 12.5. The molecule has 1 aromatic carbocycles. The van der Waals surface area contributed by atoms with Crippen LogP contribution < -0.4 is 5.32 Å². The summed E-state index contributed by atoms with van der Waals surface area (Å²) in [4.78, 5) is 14.6. The van der Waals surface area contributed by atoms with Gasteiger partial charge in [-0.05, 0) is 43.9 Å². The summed E-state index contributed by atoms with van der Waals surface area (Å²) in [5.41, 5.74) is 0.750. The summed E-state index contributed by atoms with van der Waals surface area (Å²) in [6, 6.07) is 7.96. The van der Waals surface area contributed by atoms with Gasteiger partial charge in [0.25, 0.3) is 0 Å². The summed E-state index contributed by atoms with van der Waals surface area (Å²) in [5, 5.41) is 3.59. The van der Waals surface area contributed by atoms with E-state index in [1.54, 1.807) is 12.1 Å². The molecule has 3 rings (SSSR count). The summed E-state index contributed by atoms with van der Waals surface area (Å²) < 4.78 is 5.39. The molecule has 0 atom stereocenters. The highest BCUT2D eigenvalue weighted by atomic mass is 35.5. The van der Waals surface area contributed by atoms with E-state index in [9.17, 15) is 4.79 Å². The molecule has 108 valence electrons. The number of hydrogen-bond acceptors (Lipinski definition) is 2. The van der Waals surface area contributed by atoms with Crippen LogP contribution in [0.2, 0.25) is 5.02 Å². The Hall–Kier alpha value is -1.26. The minimum absolute atomic E-state index is 0.0123. The second kappa shape index (κ2) is 6.02. The lowest BCUT2D eigenvalue weighted by molar-refractivity contribution is 0.0459. The van der Waals surface area contributed by atoms with Gasteiger partial charge in [0.15, 0.2) is 0 Å². The van der Waals surface area contributed by atoms with Crippen LogP contribution in [0.1, 0.15) is 25.7 Å². The molecular formula is C15H19ClN2O2. The topological polar surface area (TPSA) is 41.6 Å². The zero-order valence-corrected chi connectivity index (χ0v) is 12.1. The highest BCUT2D eigenvalue weighted by molar-refractivity contribution is 6.30. The molecule has 2 amide bonds. The van der Waals surface area contributed by atoms with Gasteiger partial charge in [-0.15, -0.1) is 0 Å². The van der Waals surface area contributed by atoms with Crippen molar-refractivity contribution < 1.29 is 9.53 Å². The summed E-state index contributed by atoms with van der Waals surface area (Å²) in [7, 11) is 0. The lowest BCUT2D eigenvalue weighted by Gasteiger charge is -2.34. The Labute approximate surface area is 124 Å². The van der Waals surface area contributed by atoms with Gasteiger partial charge in [-0.3, -0.25) is 0 Å². The number of nitrogens with zero attached hydrogens (tertiary/aromatic N) is 1. The average molecular weight is 295 g/mol. The van der Waals surface area contributed by atoms with Crippen LogP contribution in [0.15, 0.2) is 24.3 Å². The summed E-state index contributed by atoms with van der Waals surface area (Å²) in [5.74, 6) is 0. The minimum atomic E-state index is -0.0123. The van der Waals surface area contributed by atoms with Crippen LogP contribution in [-0.2, 0) is 4.74 Å². The molecule has 20 heavy (non-hydrogen) atoms. The molecule has 0 radical (unpaired) electrons. The van der Waals surface area contributed by atoms with Crippen molar-refractivity contribution in [2.45, 2.75) is 37.8 Å². The number of hydrogen-bond donors (Lipinski definition) is 1. The van der Waals surface area contributed by atoms with Crippen molar-refractivity contribution in [1.82, 2.24) is 4.90 Å². The second-order valence-corrected chi connectivity index (χ2v) is 5.86. The lowest BCUT2D eigenvalue weighted by atomic mass is 10.1. The lowest BCUT2D eigenvalue weighted by Crippen LogP contribution is -2.46. The number of rotatable bonds is 3. The van der Waals surface area contributed by atoms with Gasteiger partial charge in [-0.1, -0.05) is 17.7 Å². The molecule has 1 saturated carbocycles. The SMILES string of the molecule is O=C(Nc1cccc(Cl)c1)N(C1CCOCC1)C1CC1. The predicted octanol–water partition coefficient (Wildman–Crippen LogP) is 3.52. The number of amides is 2. The quantitative estimate of drug-likeness (QED) is 0.927. The number of benzene rings is 1. The van der Waals surface area contributed by atoms with Gasteiger partial charge in [-0.2, -0.15) is 0 Å². The van der Waals surface area contributed by atoms with Crippen molar-refractivity contribution in [1.29, 1.82) is 0 Å². The number of halogens is 1. The third kappa shape index (κ3) is 3.25. The minimum Gasteiger partial charge on any atom is -0.381 e. The molecule has 0 unspecified atom stereocenters. The molecule has 0 spiro atoms. The molecule has 4 nitrogen and oxygen atoms in total. The Kier molecular flexibility index (Phi) is 4.13. The molecule has 1 aromatic rings. The molecule has 5 heteroatoms. The van der Waals surface area contributed by atoms with E-state index in [4.69, 9.17) is 16.3 Å². The summed E-state index contributed by atoms with van der Waals surface area (Å²) in [6.07, 6.45) is 4.08. The van der Waals surface area contributed by atoms with Crippen molar-refractivity contribution in [3.8, 4) is 0 Å². The number of carbonyl (C=O) groups is 1. The van der Waals surface area contributed by atoms with E-state index in [0.29, 0.717) is 17.1 Å². The molecule has 1 heterocycles. The number of urea groups is 1. The first-order valence-electron chi connectivity index (χ1n) is 7.16. The van der Waals surface area contributed by atoms with Crippen molar-refractivity contribution in [2.75, 3.05) is 18.5 Å². The van der Waals surface area contributed by atoms with E-state index in [1.165, 1.54) is 0 Å². The first-order valence-corrected chi connectivity index (χ1v) is 7.54. The Bertz CT molecular complexity index is 485. The number of anilines is 1. The maximum atomic E-state index is 12.5. The standard InChI is InChI=1S/C15H19ClN2O2/c16-11-2-1-3-12(10-11)17-15(19)18(13-4-5-13)14-6-8-20-9-7-14/h1-3,10,13-14H,4-9H2,(H,17,19). The van der Waals surface area contributed by atoms with Crippen LogP contribution in [0.25, 0.3) is 0 Å². The van der Waals surface area contributed by atoms with Crippen LogP contribution in [0.5, 0.6) is 0 Å². The first kappa shape index (κ1) is 13.7. The van der Waals surface area contributed by atoms with Crippen LogP contribution in [0.3, 0.4) is 0 Å².